The Morgan fingerprint density at radius 2 is 1.84 bits per heavy atom. The SMILES string of the molecule is CC(C)CC1OC(NC2CCCCCCC2)=NC1=O. The lowest BCUT2D eigenvalue weighted by molar-refractivity contribution is -0.123. The molecule has 0 saturated heterocycles. The predicted octanol–water partition coefficient (Wildman–Crippen LogP) is 3.02. The van der Waals surface area contributed by atoms with Gasteiger partial charge in [-0.1, -0.05) is 46.0 Å². The molecule has 2 rings (SSSR count). The minimum absolute atomic E-state index is 0.123. The number of hydrogen-bond donors (Lipinski definition) is 1. The van der Waals surface area contributed by atoms with E-state index in [1.165, 1.54) is 32.1 Å². The van der Waals surface area contributed by atoms with Gasteiger partial charge in [0.15, 0.2) is 6.10 Å². The number of carbonyl (C=O) groups excluding carboxylic acids is 1. The molecule has 19 heavy (non-hydrogen) atoms. The molecule has 1 amide bonds. The third-order valence-corrected chi connectivity index (χ3v) is 3.86. The average molecular weight is 266 g/mol. The fourth-order valence-corrected chi connectivity index (χ4v) is 2.80. The second kappa shape index (κ2) is 6.92. The normalized spacial score (nSPS) is 25.7. The van der Waals surface area contributed by atoms with Crippen LogP contribution in [0.3, 0.4) is 0 Å². The first-order valence-corrected chi connectivity index (χ1v) is 7.71. The summed E-state index contributed by atoms with van der Waals surface area (Å²) in [4.78, 5) is 15.7. The number of ether oxygens (including phenoxy) is 1. The highest BCUT2D eigenvalue weighted by molar-refractivity contribution is 5.98. The Hall–Kier alpha value is -1.06. The summed E-state index contributed by atoms with van der Waals surface area (Å²) in [7, 11) is 0. The molecule has 0 aromatic rings. The second-order valence-corrected chi connectivity index (χ2v) is 6.18. The van der Waals surface area contributed by atoms with Crippen LogP contribution in [0.4, 0.5) is 0 Å². The van der Waals surface area contributed by atoms with E-state index in [1.54, 1.807) is 0 Å². The van der Waals surface area contributed by atoms with Gasteiger partial charge in [0.05, 0.1) is 0 Å². The molecule has 0 aromatic heterocycles. The lowest BCUT2D eigenvalue weighted by atomic mass is 9.97. The molecule has 108 valence electrons. The standard InChI is InChI=1S/C15H26N2O2/c1-11(2)10-13-14(18)17-15(19-13)16-12-8-6-4-3-5-7-9-12/h11-13H,3-10H2,1-2H3,(H,16,17,18). The molecule has 0 aromatic carbocycles. The van der Waals surface area contributed by atoms with E-state index in [9.17, 15) is 4.79 Å². The van der Waals surface area contributed by atoms with Gasteiger partial charge in [0.1, 0.15) is 0 Å². The maximum absolute atomic E-state index is 11.7. The molecule has 0 spiro atoms. The molecule has 1 N–H and O–H groups in total. The molecule has 1 fully saturated rings. The minimum atomic E-state index is -0.365. The predicted molar refractivity (Wildman–Crippen MR) is 76.0 cm³/mol. The van der Waals surface area contributed by atoms with Gasteiger partial charge in [-0.3, -0.25) is 4.79 Å². The lowest BCUT2D eigenvalue weighted by Gasteiger charge is -2.21. The Morgan fingerprint density at radius 3 is 2.47 bits per heavy atom. The van der Waals surface area contributed by atoms with Crippen molar-refractivity contribution in [2.45, 2.75) is 77.4 Å². The van der Waals surface area contributed by atoms with Crippen LogP contribution in [0.25, 0.3) is 0 Å². The number of amidine groups is 1. The van der Waals surface area contributed by atoms with Gasteiger partial charge in [0.2, 0.25) is 0 Å². The van der Waals surface area contributed by atoms with Crippen molar-refractivity contribution in [3.05, 3.63) is 0 Å². The van der Waals surface area contributed by atoms with Gasteiger partial charge in [0, 0.05) is 6.04 Å². The zero-order valence-electron chi connectivity index (χ0n) is 12.2. The van der Waals surface area contributed by atoms with E-state index < -0.39 is 0 Å². The molecule has 4 nitrogen and oxygen atoms in total. The number of nitrogens with one attached hydrogen (secondary N) is 1. The fraction of sp³-hybridized carbons (Fsp3) is 0.867. The van der Waals surface area contributed by atoms with Crippen molar-refractivity contribution in [2.75, 3.05) is 0 Å². The number of nitrogens with zero attached hydrogens (tertiary/aromatic N) is 1. The number of aliphatic imine (C=N–C) groups is 1. The van der Waals surface area contributed by atoms with Crippen molar-refractivity contribution in [2.24, 2.45) is 10.9 Å². The van der Waals surface area contributed by atoms with Crippen LogP contribution in [0, 0.1) is 5.92 Å². The van der Waals surface area contributed by atoms with Crippen molar-refractivity contribution in [1.29, 1.82) is 0 Å². The smallest absolute Gasteiger partial charge is 0.293 e. The fourth-order valence-electron chi connectivity index (χ4n) is 2.80. The van der Waals surface area contributed by atoms with Crippen molar-refractivity contribution in [3.8, 4) is 0 Å². The maximum atomic E-state index is 11.7. The molecular formula is C15H26N2O2. The first-order valence-electron chi connectivity index (χ1n) is 7.71. The molecular weight excluding hydrogens is 240 g/mol. The summed E-state index contributed by atoms with van der Waals surface area (Å²) in [5, 5.41) is 3.33. The van der Waals surface area contributed by atoms with Gasteiger partial charge < -0.3 is 10.1 Å². The van der Waals surface area contributed by atoms with E-state index in [0.29, 0.717) is 18.0 Å². The molecule has 1 saturated carbocycles. The van der Waals surface area contributed by atoms with Crippen molar-refractivity contribution >= 4 is 11.9 Å². The first-order chi connectivity index (χ1) is 9.15. The first kappa shape index (κ1) is 14.4. The van der Waals surface area contributed by atoms with Gasteiger partial charge in [-0.25, -0.2) is 0 Å². The number of amides is 1. The highest BCUT2D eigenvalue weighted by atomic mass is 16.5. The van der Waals surface area contributed by atoms with Crippen LogP contribution in [0.1, 0.15) is 65.2 Å². The Morgan fingerprint density at radius 1 is 1.21 bits per heavy atom. The Kier molecular flexibility index (Phi) is 5.23. The minimum Gasteiger partial charge on any atom is -0.451 e. The zero-order valence-corrected chi connectivity index (χ0v) is 12.2. The summed E-state index contributed by atoms with van der Waals surface area (Å²) in [5.41, 5.74) is 0. The topological polar surface area (TPSA) is 50.7 Å². The molecule has 1 unspecified atom stereocenters. The Bertz CT molecular complexity index is 331. The third kappa shape index (κ3) is 4.51. The number of carbonyl (C=O) groups is 1. The van der Waals surface area contributed by atoms with Crippen LogP contribution in [-0.2, 0) is 9.53 Å². The lowest BCUT2D eigenvalue weighted by Crippen LogP contribution is -2.36. The quantitative estimate of drug-likeness (QED) is 0.854. The van der Waals surface area contributed by atoms with E-state index in [0.717, 1.165) is 19.3 Å². The van der Waals surface area contributed by atoms with Crippen LogP contribution >= 0.6 is 0 Å². The largest absolute Gasteiger partial charge is 0.451 e. The molecule has 0 radical (unpaired) electrons. The van der Waals surface area contributed by atoms with Gasteiger partial charge in [-0.05, 0) is 25.2 Å². The van der Waals surface area contributed by atoms with Crippen LogP contribution in [0.15, 0.2) is 4.99 Å². The molecule has 2 aliphatic rings. The van der Waals surface area contributed by atoms with Crippen LogP contribution in [0.2, 0.25) is 0 Å². The molecule has 4 heteroatoms. The second-order valence-electron chi connectivity index (χ2n) is 6.18. The van der Waals surface area contributed by atoms with Crippen molar-refractivity contribution < 1.29 is 9.53 Å². The van der Waals surface area contributed by atoms with E-state index in [2.05, 4.69) is 24.2 Å². The third-order valence-electron chi connectivity index (χ3n) is 3.86. The molecule has 1 aliphatic heterocycles. The summed E-state index contributed by atoms with van der Waals surface area (Å²) in [6.45, 7) is 4.19. The molecule has 1 atom stereocenters. The van der Waals surface area contributed by atoms with Crippen LogP contribution in [-0.4, -0.2) is 24.1 Å². The van der Waals surface area contributed by atoms with Gasteiger partial charge in [-0.2, -0.15) is 4.99 Å². The highest BCUT2D eigenvalue weighted by Crippen LogP contribution is 2.19. The zero-order chi connectivity index (χ0) is 13.7. The number of rotatable bonds is 3. The summed E-state index contributed by atoms with van der Waals surface area (Å²) in [6, 6.07) is 0.880. The van der Waals surface area contributed by atoms with Gasteiger partial charge in [0.25, 0.3) is 11.9 Å². The van der Waals surface area contributed by atoms with Gasteiger partial charge in [-0.15, -0.1) is 0 Å². The van der Waals surface area contributed by atoms with Gasteiger partial charge >= 0.3 is 0 Å². The van der Waals surface area contributed by atoms with Crippen molar-refractivity contribution in [1.82, 2.24) is 5.32 Å². The van der Waals surface area contributed by atoms with Crippen LogP contribution in [0.5, 0.6) is 0 Å². The average Bonchev–Trinajstić information content (AvgIpc) is 2.62. The van der Waals surface area contributed by atoms with Crippen LogP contribution < -0.4 is 5.32 Å². The van der Waals surface area contributed by atoms with Crippen molar-refractivity contribution in [3.63, 3.8) is 0 Å². The molecule has 0 bridgehead atoms. The summed E-state index contributed by atoms with van der Waals surface area (Å²) >= 11 is 0. The summed E-state index contributed by atoms with van der Waals surface area (Å²) < 4.78 is 5.65. The molecule has 1 aliphatic carbocycles. The monoisotopic (exact) mass is 266 g/mol. The number of hydrogen-bond acceptors (Lipinski definition) is 3. The summed E-state index contributed by atoms with van der Waals surface area (Å²) in [6.07, 6.45) is 9.22. The maximum Gasteiger partial charge on any atom is 0.293 e. The highest BCUT2D eigenvalue weighted by Gasteiger charge is 2.30. The van der Waals surface area contributed by atoms with E-state index >= 15 is 0 Å². The Balaban J connectivity index is 1.82. The molecule has 1 heterocycles. The summed E-state index contributed by atoms with van der Waals surface area (Å²) in [5.74, 6) is 0.326. The van der Waals surface area contributed by atoms with E-state index in [1.807, 2.05) is 0 Å². The van der Waals surface area contributed by atoms with E-state index in [4.69, 9.17) is 4.74 Å². The Labute approximate surface area is 116 Å². The van der Waals surface area contributed by atoms with E-state index in [-0.39, 0.29) is 12.0 Å².